The summed E-state index contributed by atoms with van der Waals surface area (Å²) < 4.78 is 19.9. The summed E-state index contributed by atoms with van der Waals surface area (Å²) in [5.41, 5.74) is 3.01. The average molecular weight is 320 g/mol. The average Bonchev–Trinajstić information content (AvgIpc) is 2.72. The van der Waals surface area contributed by atoms with E-state index in [0.29, 0.717) is 5.52 Å². The molecule has 2 unspecified atom stereocenters. The first-order valence-corrected chi connectivity index (χ1v) is 8.02. The van der Waals surface area contributed by atoms with Gasteiger partial charge in [0.05, 0.1) is 11.8 Å². The minimum Gasteiger partial charge on any atom is -0.488 e. The molecule has 3 nitrogen and oxygen atoms in total. The van der Waals surface area contributed by atoms with Crippen LogP contribution >= 0.6 is 0 Å². The zero-order valence-corrected chi connectivity index (χ0v) is 13.5. The number of aromatic nitrogens is 1. The zero-order valence-electron chi connectivity index (χ0n) is 13.5. The predicted octanol–water partition coefficient (Wildman–Crippen LogP) is 4.38. The van der Waals surface area contributed by atoms with Gasteiger partial charge in [0.1, 0.15) is 23.2 Å². The highest BCUT2D eigenvalue weighted by molar-refractivity contribution is 6.15. The van der Waals surface area contributed by atoms with E-state index < -0.39 is 0 Å². The summed E-state index contributed by atoms with van der Waals surface area (Å²) in [6, 6.07) is 14.8. The van der Waals surface area contributed by atoms with Crippen molar-refractivity contribution in [2.45, 2.75) is 26.0 Å². The summed E-state index contributed by atoms with van der Waals surface area (Å²) in [5, 5.41) is 0.763. The Labute approximate surface area is 139 Å². The van der Waals surface area contributed by atoms with Crippen molar-refractivity contribution in [1.82, 2.24) is 4.98 Å². The molecule has 1 aliphatic heterocycles. The van der Waals surface area contributed by atoms with Gasteiger partial charge in [-0.25, -0.2) is 4.39 Å². The van der Waals surface area contributed by atoms with Crippen molar-refractivity contribution in [3.8, 4) is 5.75 Å². The van der Waals surface area contributed by atoms with E-state index >= 15 is 0 Å². The summed E-state index contributed by atoms with van der Waals surface area (Å²) in [6.07, 6.45) is 1.67. The molecule has 2 aromatic carbocycles. The molecule has 4 heteroatoms. The van der Waals surface area contributed by atoms with E-state index in [-0.39, 0.29) is 18.0 Å². The predicted molar refractivity (Wildman–Crippen MR) is 93.3 cm³/mol. The molecule has 1 aliphatic rings. The van der Waals surface area contributed by atoms with Gasteiger partial charge >= 0.3 is 0 Å². The minimum absolute atomic E-state index is 0.00982. The molecule has 0 bridgehead atoms. The number of benzene rings is 2. The lowest BCUT2D eigenvalue weighted by molar-refractivity contribution is 0.200. The van der Waals surface area contributed by atoms with Crippen LogP contribution in [0.5, 0.6) is 5.75 Å². The van der Waals surface area contributed by atoms with E-state index in [4.69, 9.17) is 9.73 Å². The lowest BCUT2D eigenvalue weighted by Crippen LogP contribution is -2.23. The van der Waals surface area contributed by atoms with Crippen LogP contribution in [-0.2, 0) is 0 Å². The number of para-hydroxylation sites is 2. The fourth-order valence-corrected chi connectivity index (χ4v) is 2.93. The van der Waals surface area contributed by atoms with Crippen LogP contribution in [0.4, 0.5) is 4.39 Å². The molecule has 0 spiro atoms. The Morgan fingerprint density at radius 2 is 1.88 bits per heavy atom. The van der Waals surface area contributed by atoms with E-state index in [1.807, 2.05) is 50.2 Å². The number of halogens is 1. The third kappa shape index (κ3) is 2.44. The Bertz CT molecular complexity index is 951. The number of nitrogens with zero attached hydrogens (tertiary/aromatic N) is 2. The van der Waals surface area contributed by atoms with Crippen LogP contribution in [0.1, 0.15) is 25.0 Å². The van der Waals surface area contributed by atoms with Gasteiger partial charge in [-0.3, -0.25) is 9.98 Å². The molecular weight excluding hydrogens is 303 g/mol. The van der Waals surface area contributed by atoms with E-state index in [0.717, 1.165) is 28.0 Å². The third-order valence-corrected chi connectivity index (χ3v) is 4.40. The summed E-state index contributed by atoms with van der Waals surface area (Å²) in [6.45, 7) is 4.05. The van der Waals surface area contributed by atoms with E-state index in [1.54, 1.807) is 12.3 Å². The summed E-state index contributed by atoms with van der Waals surface area (Å²) >= 11 is 0. The largest absolute Gasteiger partial charge is 0.488 e. The van der Waals surface area contributed by atoms with Crippen LogP contribution in [0.2, 0.25) is 0 Å². The summed E-state index contributed by atoms with van der Waals surface area (Å²) in [4.78, 5) is 9.16. The molecule has 2 atom stereocenters. The molecule has 120 valence electrons. The van der Waals surface area contributed by atoms with Gasteiger partial charge < -0.3 is 4.74 Å². The smallest absolute Gasteiger partial charge is 0.149 e. The number of rotatable bonds is 1. The highest BCUT2D eigenvalue weighted by atomic mass is 19.1. The molecule has 0 fully saturated rings. The maximum absolute atomic E-state index is 13.9. The van der Waals surface area contributed by atoms with Gasteiger partial charge in [-0.2, -0.15) is 0 Å². The molecular formula is C20H17FN2O. The van der Waals surface area contributed by atoms with Crippen molar-refractivity contribution in [3.05, 3.63) is 71.7 Å². The second kappa shape index (κ2) is 5.71. The Morgan fingerprint density at radius 3 is 2.75 bits per heavy atom. The fraction of sp³-hybridized carbons (Fsp3) is 0.200. The monoisotopic (exact) mass is 320 g/mol. The second-order valence-corrected chi connectivity index (χ2v) is 6.07. The van der Waals surface area contributed by atoms with E-state index in [2.05, 4.69) is 4.98 Å². The first-order chi connectivity index (χ1) is 11.6. The molecule has 0 radical (unpaired) electrons. The van der Waals surface area contributed by atoms with Crippen molar-refractivity contribution in [2.75, 3.05) is 0 Å². The third-order valence-electron chi connectivity index (χ3n) is 4.40. The molecule has 0 N–H and O–H groups in total. The van der Waals surface area contributed by atoms with Crippen LogP contribution in [0.25, 0.3) is 10.9 Å². The normalized spacial score (nSPS) is 20.0. The lowest BCUT2D eigenvalue weighted by Gasteiger charge is -2.15. The molecule has 3 aromatic rings. The van der Waals surface area contributed by atoms with Crippen LogP contribution in [-0.4, -0.2) is 22.8 Å². The molecule has 24 heavy (non-hydrogen) atoms. The summed E-state index contributed by atoms with van der Waals surface area (Å²) in [5.74, 6) is 0.500. The van der Waals surface area contributed by atoms with Crippen molar-refractivity contribution in [3.63, 3.8) is 0 Å². The van der Waals surface area contributed by atoms with Crippen molar-refractivity contribution in [1.29, 1.82) is 0 Å². The van der Waals surface area contributed by atoms with Crippen LogP contribution in [0, 0.1) is 5.82 Å². The first-order valence-electron chi connectivity index (χ1n) is 8.02. The highest BCUT2D eigenvalue weighted by Crippen LogP contribution is 2.28. The van der Waals surface area contributed by atoms with Gasteiger partial charge in [0.25, 0.3) is 0 Å². The molecule has 4 rings (SSSR count). The maximum atomic E-state index is 13.9. The molecule has 0 saturated carbocycles. The van der Waals surface area contributed by atoms with Crippen LogP contribution in [0.3, 0.4) is 0 Å². The van der Waals surface area contributed by atoms with E-state index in [1.165, 1.54) is 6.07 Å². The number of hydrogen-bond acceptors (Lipinski definition) is 3. The standard InChI is InChI=1S/C20H17FN2O/c1-12-13(2)24-18-9-4-3-7-16(18)19(23-12)15-10-14-6-5-8-17(21)20(14)22-11-15/h3-13H,1-2H3. The van der Waals surface area contributed by atoms with Gasteiger partial charge in [0.15, 0.2) is 0 Å². The Morgan fingerprint density at radius 1 is 1.04 bits per heavy atom. The lowest BCUT2D eigenvalue weighted by atomic mass is 10.0. The van der Waals surface area contributed by atoms with Gasteiger partial charge in [-0.1, -0.05) is 24.3 Å². The quantitative estimate of drug-likeness (QED) is 0.667. The van der Waals surface area contributed by atoms with Crippen molar-refractivity contribution < 1.29 is 9.13 Å². The van der Waals surface area contributed by atoms with Gasteiger partial charge in [-0.05, 0) is 38.1 Å². The van der Waals surface area contributed by atoms with Crippen molar-refractivity contribution in [2.24, 2.45) is 4.99 Å². The number of aliphatic imine (C=N–C) groups is 1. The minimum atomic E-state index is -0.312. The van der Waals surface area contributed by atoms with Crippen molar-refractivity contribution >= 4 is 16.6 Å². The fourth-order valence-electron chi connectivity index (χ4n) is 2.93. The number of fused-ring (bicyclic) bond motifs is 2. The van der Waals surface area contributed by atoms with Crippen LogP contribution in [0.15, 0.2) is 59.7 Å². The Balaban J connectivity index is 1.92. The Hall–Kier alpha value is -2.75. The molecule has 0 aliphatic carbocycles. The SMILES string of the molecule is CC1N=C(c2cnc3c(F)cccc3c2)c2ccccc2OC1C. The molecule has 0 amide bonds. The number of ether oxygens (including phenoxy) is 1. The topological polar surface area (TPSA) is 34.5 Å². The van der Waals surface area contributed by atoms with Gasteiger partial charge in [-0.15, -0.1) is 0 Å². The molecule has 1 aromatic heterocycles. The first kappa shape index (κ1) is 14.8. The Kier molecular flexibility index (Phi) is 3.53. The van der Waals surface area contributed by atoms with E-state index in [9.17, 15) is 4.39 Å². The highest BCUT2D eigenvalue weighted by Gasteiger charge is 2.23. The maximum Gasteiger partial charge on any atom is 0.149 e. The summed E-state index contributed by atoms with van der Waals surface area (Å²) in [7, 11) is 0. The second-order valence-electron chi connectivity index (χ2n) is 6.07. The van der Waals surface area contributed by atoms with Crippen LogP contribution < -0.4 is 4.74 Å². The molecule has 2 heterocycles. The number of hydrogen-bond donors (Lipinski definition) is 0. The van der Waals surface area contributed by atoms with Gasteiger partial charge in [0, 0.05) is 22.7 Å². The van der Waals surface area contributed by atoms with Gasteiger partial charge in [0.2, 0.25) is 0 Å². The zero-order chi connectivity index (χ0) is 16.7. The number of pyridine rings is 1. The molecule has 0 saturated heterocycles.